The Morgan fingerprint density at radius 2 is 2.54 bits per heavy atom. The molecule has 0 aliphatic carbocycles. The van der Waals surface area contributed by atoms with Gasteiger partial charge in [-0.1, -0.05) is 0 Å². The molecule has 0 spiro atoms. The molecule has 13 heavy (non-hydrogen) atoms. The van der Waals surface area contributed by atoms with Gasteiger partial charge >= 0.3 is 5.97 Å². The van der Waals surface area contributed by atoms with Crippen LogP contribution < -0.4 is 5.32 Å². The predicted octanol–water partition coefficient (Wildman–Crippen LogP) is 0.150. The molecule has 2 aliphatic heterocycles. The van der Waals surface area contributed by atoms with E-state index in [2.05, 4.69) is 5.32 Å². The summed E-state index contributed by atoms with van der Waals surface area (Å²) in [6, 6.07) is 0. The number of hydrogen-bond donors (Lipinski definition) is 1. The normalized spacial score (nSPS) is 30.5. The van der Waals surface area contributed by atoms with Crippen molar-refractivity contribution in [2.75, 3.05) is 26.2 Å². The first kappa shape index (κ1) is 8.97. The van der Waals surface area contributed by atoms with E-state index in [-0.39, 0.29) is 5.97 Å². The molecular formula is C9H16N2O2. The SMILES string of the molecule is O=C1CCCN(CC2CCNC2)O1. The summed E-state index contributed by atoms with van der Waals surface area (Å²) in [5.41, 5.74) is 0. The quantitative estimate of drug-likeness (QED) is 0.663. The van der Waals surface area contributed by atoms with Crippen molar-refractivity contribution in [2.45, 2.75) is 19.3 Å². The summed E-state index contributed by atoms with van der Waals surface area (Å²) >= 11 is 0. The second-order valence-electron chi connectivity index (χ2n) is 3.81. The second-order valence-corrected chi connectivity index (χ2v) is 3.81. The molecule has 1 atom stereocenters. The van der Waals surface area contributed by atoms with Crippen molar-refractivity contribution in [1.29, 1.82) is 0 Å². The molecule has 4 nitrogen and oxygen atoms in total. The van der Waals surface area contributed by atoms with Crippen molar-refractivity contribution >= 4 is 5.97 Å². The van der Waals surface area contributed by atoms with Crippen LogP contribution in [0.1, 0.15) is 19.3 Å². The lowest BCUT2D eigenvalue weighted by molar-refractivity contribution is -0.202. The van der Waals surface area contributed by atoms with Crippen LogP contribution in [0.25, 0.3) is 0 Å². The van der Waals surface area contributed by atoms with E-state index in [0.29, 0.717) is 12.3 Å². The van der Waals surface area contributed by atoms with Crippen molar-refractivity contribution < 1.29 is 9.63 Å². The van der Waals surface area contributed by atoms with Crippen LogP contribution in [0.4, 0.5) is 0 Å². The third kappa shape index (κ3) is 2.42. The topological polar surface area (TPSA) is 41.6 Å². The third-order valence-electron chi connectivity index (χ3n) is 2.64. The van der Waals surface area contributed by atoms with Gasteiger partial charge in [0.05, 0.1) is 0 Å². The van der Waals surface area contributed by atoms with Gasteiger partial charge in [0, 0.05) is 19.5 Å². The van der Waals surface area contributed by atoms with Gasteiger partial charge in [0.2, 0.25) is 0 Å². The smallest absolute Gasteiger partial charge is 0.325 e. The lowest BCUT2D eigenvalue weighted by atomic mass is 10.1. The number of rotatable bonds is 2. The Labute approximate surface area is 78.2 Å². The Morgan fingerprint density at radius 1 is 1.62 bits per heavy atom. The molecular weight excluding hydrogens is 168 g/mol. The van der Waals surface area contributed by atoms with E-state index < -0.39 is 0 Å². The van der Waals surface area contributed by atoms with Gasteiger partial charge in [-0.05, 0) is 31.8 Å². The highest BCUT2D eigenvalue weighted by Gasteiger charge is 2.23. The zero-order valence-corrected chi connectivity index (χ0v) is 7.79. The Bertz CT molecular complexity index is 190. The van der Waals surface area contributed by atoms with E-state index >= 15 is 0 Å². The maximum Gasteiger partial charge on any atom is 0.325 e. The first-order valence-corrected chi connectivity index (χ1v) is 5.01. The third-order valence-corrected chi connectivity index (χ3v) is 2.64. The lowest BCUT2D eigenvalue weighted by Crippen LogP contribution is -2.37. The Balaban J connectivity index is 1.76. The fraction of sp³-hybridized carbons (Fsp3) is 0.889. The maximum atomic E-state index is 11.0. The number of nitrogens with one attached hydrogen (secondary N) is 1. The average molecular weight is 184 g/mol. The van der Waals surface area contributed by atoms with Gasteiger partial charge in [-0.25, -0.2) is 0 Å². The van der Waals surface area contributed by atoms with Crippen LogP contribution in [0.15, 0.2) is 0 Å². The molecule has 74 valence electrons. The Kier molecular flexibility index (Phi) is 2.80. The zero-order chi connectivity index (χ0) is 9.10. The molecule has 0 bridgehead atoms. The van der Waals surface area contributed by atoms with Crippen LogP contribution in [0.3, 0.4) is 0 Å². The highest BCUT2D eigenvalue weighted by atomic mass is 16.7. The van der Waals surface area contributed by atoms with Crippen LogP contribution in [0, 0.1) is 5.92 Å². The standard InChI is InChI=1S/C9H16N2O2/c12-9-2-1-5-11(13-9)7-8-3-4-10-6-8/h8,10H,1-7H2. The van der Waals surface area contributed by atoms with Crippen molar-refractivity contribution in [2.24, 2.45) is 5.92 Å². The van der Waals surface area contributed by atoms with Gasteiger partial charge in [-0.2, -0.15) is 0 Å². The average Bonchev–Trinajstić information content (AvgIpc) is 2.57. The number of nitrogens with zero attached hydrogens (tertiary/aromatic N) is 1. The first-order chi connectivity index (χ1) is 6.34. The molecule has 4 heteroatoms. The minimum absolute atomic E-state index is 0.0720. The largest absolute Gasteiger partial charge is 0.368 e. The van der Waals surface area contributed by atoms with E-state index in [0.717, 1.165) is 32.6 Å². The summed E-state index contributed by atoms with van der Waals surface area (Å²) in [4.78, 5) is 16.1. The highest BCUT2D eigenvalue weighted by molar-refractivity contribution is 5.69. The molecule has 0 aromatic carbocycles. The Hall–Kier alpha value is -0.610. The van der Waals surface area contributed by atoms with Crippen LogP contribution in [-0.4, -0.2) is 37.2 Å². The predicted molar refractivity (Wildman–Crippen MR) is 47.9 cm³/mol. The van der Waals surface area contributed by atoms with Crippen molar-refractivity contribution in [3.63, 3.8) is 0 Å². The van der Waals surface area contributed by atoms with Gasteiger partial charge in [0.1, 0.15) is 0 Å². The minimum Gasteiger partial charge on any atom is -0.368 e. The van der Waals surface area contributed by atoms with E-state index in [4.69, 9.17) is 4.84 Å². The number of carbonyl (C=O) groups is 1. The van der Waals surface area contributed by atoms with Crippen LogP contribution in [0.5, 0.6) is 0 Å². The van der Waals surface area contributed by atoms with Crippen molar-refractivity contribution in [1.82, 2.24) is 10.4 Å². The fourth-order valence-corrected chi connectivity index (χ4v) is 1.92. The summed E-state index contributed by atoms with van der Waals surface area (Å²) < 4.78 is 0. The lowest BCUT2D eigenvalue weighted by Gasteiger charge is -2.26. The zero-order valence-electron chi connectivity index (χ0n) is 7.79. The molecule has 0 aromatic heterocycles. The molecule has 2 saturated heterocycles. The minimum atomic E-state index is -0.0720. The number of hydroxylamine groups is 2. The molecule has 1 N–H and O–H groups in total. The summed E-state index contributed by atoms with van der Waals surface area (Å²) in [6.45, 7) is 3.97. The van der Waals surface area contributed by atoms with Gasteiger partial charge in [0.15, 0.2) is 0 Å². The Morgan fingerprint density at radius 3 is 3.23 bits per heavy atom. The van der Waals surface area contributed by atoms with Crippen LogP contribution in [-0.2, 0) is 9.63 Å². The van der Waals surface area contributed by atoms with Crippen LogP contribution >= 0.6 is 0 Å². The van der Waals surface area contributed by atoms with Gasteiger partial charge in [0.25, 0.3) is 0 Å². The number of hydrogen-bond acceptors (Lipinski definition) is 4. The van der Waals surface area contributed by atoms with E-state index in [1.807, 2.05) is 5.06 Å². The number of carbonyl (C=O) groups excluding carboxylic acids is 1. The first-order valence-electron chi connectivity index (χ1n) is 5.01. The molecule has 2 heterocycles. The van der Waals surface area contributed by atoms with Gasteiger partial charge < -0.3 is 10.2 Å². The summed E-state index contributed by atoms with van der Waals surface area (Å²) in [5, 5.41) is 5.13. The fourth-order valence-electron chi connectivity index (χ4n) is 1.92. The van der Waals surface area contributed by atoms with E-state index in [1.165, 1.54) is 6.42 Å². The molecule has 2 fully saturated rings. The summed E-state index contributed by atoms with van der Waals surface area (Å²) in [6.07, 6.45) is 2.73. The molecule has 0 saturated carbocycles. The molecule has 1 unspecified atom stereocenters. The second kappa shape index (κ2) is 4.07. The van der Waals surface area contributed by atoms with E-state index in [9.17, 15) is 4.79 Å². The van der Waals surface area contributed by atoms with Crippen molar-refractivity contribution in [3.05, 3.63) is 0 Å². The van der Waals surface area contributed by atoms with E-state index in [1.54, 1.807) is 0 Å². The van der Waals surface area contributed by atoms with Gasteiger partial charge in [-0.15, -0.1) is 5.06 Å². The van der Waals surface area contributed by atoms with Crippen LogP contribution in [0.2, 0.25) is 0 Å². The molecule has 2 rings (SSSR count). The molecule has 2 aliphatic rings. The monoisotopic (exact) mass is 184 g/mol. The molecule has 0 aromatic rings. The highest BCUT2D eigenvalue weighted by Crippen LogP contribution is 2.14. The van der Waals surface area contributed by atoms with Gasteiger partial charge in [-0.3, -0.25) is 4.79 Å². The summed E-state index contributed by atoms with van der Waals surface area (Å²) in [5.74, 6) is 0.586. The maximum absolute atomic E-state index is 11.0. The molecule has 0 amide bonds. The summed E-state index contributed by atoms with van der Waals surface area (Å²) in [7, 11) is 0. The molecule has 0 radical (unpaired) electrons. The van der Waals surface area contributed by atoms with Crippen molar-refractivity contribution in [3.8, 4) is 0 Å².